The lowest BCUT2D eigenvalue weighted by Crippen LogP contribution is -2.40. The van der Waals surface area contributed by atoms with Crippen LogP contribution >= 0.6 is 23.2 Å². The van der Waals surface area contributed by atoms with Gasteiger partial charge in [-0.05, 0) is 87.4 Å². The Hall–Kier alpha value is -4.34. The molecule has 44 heavy (non-hydrogen) atoms. The van der Waals surface area contributed by atoms with Crippen LogP contribution in [-0.4, -0.2) is 57.5 Å². The first-order valence-corrected chi connectivity index (χ1v) is 14.9. The van der Waals surface area contributed by atoms with Crippen molar-refractivity contribution in [3.63, 3.8) is 0 Å². The van der Waals surface area contributed by atoms with Crippen molar-refractivity contribution >= 4 is 52.7 Å². The fourth-order valence-corrected chi connectivity index (χ4v) is 5.47. The van der Waals surface area contributed by atoms with Gasteiger partial charge in [0.15, 0.2) is 5.69 Å². The van der Waals surface area contributed by atoms with Gasteiger partial charge in [0.25, 0.3) is 5.91 Å². The lowest BCUT2D eigenvalue weighted by atomic mass is 9.97. The Labute approximate surface area is 266 Å². The number of rotatable bonds is 6. The third kappa shape index (κ3) is 6.59. The summed E-state index contributed by atoms with van der Waals surface area (Å²) >= 11 is 12.9. The van der Waals surface area contributed by atoms with E-state index in [-0.39, 0.29) is 24.7 Å². The molecule has 228 valence electrons. The van der Waals surface area contributed by atoms with Gasteiger partial charge in [0.2, 0.25) is 0 Å². The van der Waals surface area contributed by atoms with Crippen LogP contribution in [0.2, 0.25) is 10.0 Å². The zero-order chi connectivity index (χ0) is 31.6. The molecule has 0 unspecified atom stereocenters. The number of carbonyl (C=O) groups is 2. The van der Waals surface area contributed by atoms with Gasteiger partial charge in [-0.15, -0.1) is 0 Å². The molecule has 0 N–H and O–H groups in total. The average molecular weight is 635 g/mol. The number of aromatic nitrogens is 3. The SMILES string of the molecule is CCN(C(=O)c1nn(-c2ccc(Cl)cc2Cl)c2c1CN(C(=O)OC(C)(C)C)CC2=Cc1ccc(OC)cc1)c1ccccn1. The number of methoxy groups -OCH3 is 1. The van der Waals surface area contributed by atoms with E-state index in [1.165, 1.54) is 0 Å². The fourth-order valence-electron chi connectivity index (χ4n) is 4.98. The maximum Gasteiger partial charge on any atom is 0.410 e. The largest absolute Gasteiger partial charge is 0.497 e. The van der Waals surface area contributed by atoms with Crippen molar-refractivity contribution in [2.45, 2.75) is 39.8 Å². The Morgan fingerprint density at radius 2 is 1.80 bits per heavy atom. The molecule has 0 fully saturated rings. The standard InChI is InChI=1S/C33H33Cl2N5O4/c1-6-39(28-9-7-8-16-36-28)31(41)29-25-20-38(32(42)44-33(2,3)4)19-22(17-21-10-13-24(43-5)14-11-21)30(25)40(37-29)27-15-12-23(34)18-26(27)35/h7-18H,6,19-20H2,1-5H3. The quantitative estimate of drug-likeness (QED) is 0.218. The second-order valence-corrected chi connectivity index (χ2v) is 12.0. The highest BCUT2D eigenvalue weighted by atomic mass is 35.5. The molecule has 0 bridgehead atoms. The Bertz CT molecular complexity index is 1710. The number of benzene rings is 2. The number of hydrogen-bond donors (Lipinski definition) is 0. The molecule has 0 spiro atoms. The average Bonchev–Trinajstić information content (AvgIpc) is 3.37. The Morgan fingerprint density at radius 1 is 1.05 bits per heavy atom. The van der Waals surface area contributed by atoms with Crippen molar-refractivity contribution in [3.8, 4) is 11.4 Å². The summed E-state index contributed by atoms with van der Waals surface area (Å²) in [6, 6.07) is 18.0. The summed E-state index contributed by atoms with van der Waals surface area (Å²) in [5.74, 6) is 0.842. The smallest absolute Gasteiger partial charge is 0.410 e. The molecular formula is C33H33Cl2N5O4. The molecule has 0 atom stereocenters. The van der Waals surface area contributed by atoms with Crippen LogP contribution in [0, 0.1) is 0 Å². The Balaban J connectivity index is 1.74. The minimum atomic E-state index is -0.713. The molecule has 0 radical (unpaired) electrons. The van der Waals surface area contributed by atoms with E-state index in [4.69, 9.17) is 37.8 Å². The van der Waals surface area contributed by atoms with Crippen molar-refractivity contribution in [1.29, 1.82) is 0 Å². The number of ether oxygens (including phenoxy) is 2. The molecule has 1 aliphatic rings. The number of nitrogens with zero attached hydrogens (tertiary/aromatic N) is 5. The van der Waals surface area contributed by atoms with Gasteiger partial charge in [-0.1, -0.05) is 41.4 Å². The molecule has 0 saturated heterocycles. The minimum absolute atomic E-state index is 0.0935. The van der Waals surface area contributed by atoms with E-state index < -0.39 is 11.7 Å². The summed E-state index contributed by atoms with van der Waals surface area (Å²) in [6.45, 7) is 7.96. The zero-order valence-electron chi connectivity index (χ0n) is 25.2. The van der Waals surface area contributed by atoms with Crippen LogP contribution in [-0.2, 0) is 11.3 Å². The number of fused-ring (bicyclic) bond motifs is 1. The van der Waals surface area contributed by atoms with Crippen LogP contribution in [0.1, 0.15) is 55.0 Å². The fraction of sp³-hybridized carbons (Fsp3) is 0.273. The lowest BCUT2D eigenvalue weighted by Gasteiger charge is -2.32. The van der Waals surface area contributed by atoms with Gasteiger partial charge < -0.3 is 9.47 Å². The number of halogens is 2. The number of carbonyl (C=O) groups excluding carboxylic acids is 2. The molecule has 11 heteroatoms. The molecule has 5 rings (SSSR count). The molecule has 4 aromatic rings. The van der Waals surface area contributed by atoms with Crippen LogP contribution in [0.25, 0.3) is 17.3 Å². The van der Waals surface area contributed by atoms with Gasteiger partial charge in [0.1, 0.15) is 17.2 Å². The summed E-state index contributed by atoms with van der Waals surface area (Å²) in [7, 11) is 1.61. The number of pyridine rings is 1. The zero-order valence-corrected chi connectivity index (χ0v) is 26.7. The molecule has 2 amide bonds. The molecule has 0 aliphatic carbocycles. The lowest BCUT2D eigenvalue weighted by molar-refractivity contribution is 0.0254. The van der Waals surface area contributed by atoms with Gasteiger partial charge in [-0.3, -0.25) is 14.6 Å². The first-order chi connectivity index (χ1) is 21.0. The summed E-state index contributed by atoms with van der Waals surface area (Å²) in [4.78, 5) is 35.2. The second-order valence-electron chi connectivity index (χ2n) is 11.2. The molecule has 2 aromatic carbocycles. The monoisotopic (exact) mass is 633 g/mol. The Kier molecular flexibility index (Phi) is 8.99. The highest BCUT2D eigenvalue weighted by molar-refractivity contribution is 6.35. The van der Waals surface area contributed by atoms with Crippen molar-refractivity contribution in [2.75, 3.05) is 25.1 Å². The first kappa shape index (κ1) is 31.1. The molecule has 3 heterocycles. The predicted octanol–water partition coefficient (Wildman–Crippen LogP) is 7.54. The van der Waals surface area contributed by atoms with Crippen LogP contribution in [0.5, 0.6) is 5.75 Å². The highest BCUT2D eigenvalue weighted by Gasteiger charge is 2.37. The summed E-state index contributed by atoms with van der Waals surface area (Å²) in [5, 5.41) is 5.69. The predicted molar refractivity (Wildman–Crippen MR) is 173 cm³/mol. The van der Waals surface area contributed by atoms with E-state index in [2.05, 4.69) is 4.98 Å². The molecule has 1 aliphatic heterocycles. The van der Waals surface area contributed by atoms with Crippen molar-refractivity contribution in [2.24, 2.45) is 0 Å². The summed E-state index contributed by atoms with van der Waals surface area (Å²) < 4.78 is 12.8. The van der Waals surface area contributed by atoms with E-state index in [0.717, 1.165) is 11.1 Å². The Morgan fingerprint density at radius 3 is 2.41 bits per heavy atom. The van der Waals surface area contributed by atoms with E-state index >= 15 is 0 Å². The third-order valence-electron chi connectivity index (χ3n) is 6.93. The number of amides is 2. The van der Waals surface area contributed by atoms with Crippen molar-refractivity contribution in [3.05, 3.63) is 99.4 Å². The van der Waals surface area contributed by atoms with Gasteiger partial charge in [0.05, 0.1) is 36.6 Å². The molecule has 0 saturated carbocycles. The van der Waals surface area contributed by atoms with Gasteiger partial charge in [-0.25, -0.2) is 14.5 Å². The van der Waals surface area contributed by atoms with E-state index in [1.807, 2.05) is 64.1 Å². The van der Waals surface area contributed by atoms with Crippen molar-refractivity contribution < 1.29 is 19.1 Å². The van der Waals surface area contributed by atoms with Crippen molar-refractivity contribution in [1.82, 2.24) is 19.7 Å². The second kappa shape index (κ2) is 12.7. The maximum atomic E-state index is 14.3. The highest BCUT2D eigenvalue weighted by Crippen LogP contribution is 2.37. The normalized spacial score (nSPS) is 13.9. The van der Waals surface area contributed by atoms with Crippen LogP contribution in [0.15, 0.2) is 66.9 Å². The molecule has 2 aromatic heterocycles. The third-order valence-corrected chi connectivity index (χ3v) is 7.47. The molecular weight excluding hydrogens is 601 g/mol. The summed E-state index contributed by atoms with van der Waals surface area (Å²) in [5.41, 5.74) is 2.82. The van der Waals surface area contributed by atoms with Gasteiger partial charge in [0, 0.05) is 23.3 Å². The van der Waals surface area contributed by atoms with Crippen LogP contribution in [0.4, 0.5) is 10.6 Å². The molecule has 9 nitrogen and oxygen atoms in total. The summed E-state index contributed by atoms with van der Waals surface area (Å²) in [6.07, 6.45) is 3.09. The maximum absolute atomic E-state index is 14.3. The number of anilines is 1. The van der Waals surface area contributed by atoms with E-state index in [9.17, 15) is 9.59 Å². The van der Waals surface area contributed by atoms with E-state index in [1.54, 1.807) is 58.1 Å². The minimum Gasteiger partial charge on any atom is -0.497 e. The topological polar surface area (TPSA) is 89.8 Å². The van der Waals surface area contributed by atoms with Crippen LogP contribution < -0.4 is 9.64 Å². The van der Waals surface area contributed by atoms with Gasteiger partial charge >= 0.3 is 6.09 Å². The first-order valence-electron chi connectivity index (χ1n) is 14.1. The van der Waals surface area contributed by atoms with Gasteiger partial charge in [-0.2, -0.15) is 5.10 Å². The van der Waals surface area contributed by atoms with E-state index in [0.29, 0.717) is 45.1 Å². The number of hydrogen-bond acceptors (Lipinski definition) is 6. The van der Waals surface area contributed by atoms with Crippen LogP contribution in [0.3, 0.4) is 0 Å².